The molecule has 0 atom stereocenters. The van der Waals surface area contributed by atoms with E-state index in [0.717, 1.165) is 0 Å². The summed E-state index contributed by atoms with van der Waals surface area (Å²) in [6.07, 6.45) is 0. The average molecular weight is 1050 g/mol. The minimum absolute atomic E-state index is 0. The van der Waals surface area contributed by atoms with Crippen LogP contribution in [-0.2, 0) is 20.2 Å². The number of nitrogens with one attached hydrogen (secondary N) is 2. The van der Waals surface area contributed by atoms with Gasteiger partial charge >= 0.3 is 37.7 Å². The molecule has 0 aliphatic heterocycles. The van der Waals surface area contributed by atoms with E-state index in [1.807, 2.05) is 13.8 Å². The summed E-state index contributed by atoms with van der Waals surface area (Å²) in [7, 11) is -9.64. The van der Waals surface area contributed by atoms with Crippen LogP contribution in [0.15, 0.2) is 176 Å². The number of carbonyl (C=O) groups excluding carboxylic acids is 2. The molecular weight excluding hydrogens is 1000 g/mol. The van der Waals surface area contributed by atoms with Crippen molar-refractivity contribution in [2.75, 3.05) is 23.8 Å². The van der Waals surface area contributed by atoms with Gasteiger partial charge in [-0.3, -0.25) is 9.59 Å². The van der Waals surface area contributed by atoms with Gasteiger partial charge in [-0.1, -0.05) is 84.9 Å². The summed E-state index contributed by atoms with van der Waals surface area (Å²) in [5.74, 6) is -1.19. The van der Waals surface area contributed by atoms with Crippen LogP contribution in [-0.4, -0.2) is 98.9 Å². The predicted octanol–water partition coefficient (Wildman–Crippen LogP) is 11.3. The third-order valence-electron chi connectivity index (χ3n) is 10.6. The van der Waals surface area contributed by atoms with Crippen LogP contribution in [0.2, 0.25) is 0 Å². The molecule has 368 valence electrons. The number of rotatable bonds is 14. The zero-order valence-electron chi connectivity index (χ0n) is 39.6. The van der Waals surface area contributed by atoms with Crippen molar-refractivity contribution in [1.82, 2.24) is 0 Å². The summed E-state index contributed by atoms with van der Waals surface area (Å²) >= 11 is 0. The molecule has 8 aromatic carbocycles. The Kier molecular flexibility index (Phi) is 18.1. The number of amides is 2. The van der Waals surface area contributed by atoms with E-state index in [-0.39, 0.29) is 71.6 Å². The third-order valence-corrected chi connectivity index (χ3v) is 12.4. The van der Waals surface area contributed by atoms with Crippen LogP contribution >= 0.6 is 0 Å². The number of hydrogen-bond donors (Lipinski definition) is 4. The molecule has 2 amide bonds. The zero-order valence-corrected chi connectivity index (χ0v) is 43.4. The maximum Gasteiger partial charge on any atom is 2.00 e. The number of ether oxygens (including phenoxy) is 2. The van der Waals surface area contributed by atoms with Crippen molar-refractivity contribution in [1.29, 1.82) is 0 Å². The molecule has 0 aliphatic carbocycles. The molecule has 0 radical (unpaired) electrons. The Labute approximate surface area is 450 Å². The van der Waals surface area contributed by atoms with E-state index < -0.39 is 53.3 Å². The van der Waals surface area contributed by atoms with Gasteiger partial charge in [0.25, 0.3) is 11.8 Å². The first-order chi connectivity index (χ1) is 34.4. The monoisotopic (exact) mass is 1050 g/mol. The number of fused-ring (bicyclic) bond motifs is 2. The normalized spacial score (nSPS) is 11.5. The van der Waals surface area contributed by atoms with Gasteiger partial charge in [0, 0.05) is 10.8 Å². The SMILES string of the molecule is CCOc1ccccc1NC(=O)c1cc2ccccc2c(N=Nc2ccc(C)cc2S(=O)(=O)[O-])c1O.CCOc1ccccc1NC(=O)c1cc2ccccc2c(N=Nc2ccc(C)cc2S(=O)(=O)[O-])c1O.[Ca+2]. The van der Waals surface area contributed by atoms with Crippen molar-refractivity contribution in [3.63, 3.8) is 0 Å². The van der Waals surface area contributed by atoms with E-state index in [1.54, 1.807) is 123 Å². The summed E-state index contributed by atoms with van der Waals surface area (Å²) in [5.41, 5.74) is 1.35. The van der Waals surface area contributed by atoms with Crippen LogP contribution in [0.4, 0.5) is 34.1 Å². The van der Waals surface area contributed by atoms with Crippen molar-refractivity contribution >= 4 is 125 Å². The van der Waals surface area contributed by atoms with Crippen molar-refractivity contribution in [3.05, 3.63) is 168 Å². The number of aryl methyl sites for hydroxylation is 2. The maximum absolute atomic E-state index is 13.2. The van der Waals surface area contributed by atoms with Crippen LogP contribution in [0.25, 0.3) is 21.5 Å². The number of para-hydroxylation sites is 4. The maximum atomic E-state index is 13.2. The van der Waals surface area contributed by atoms with Crippen molar-refractivity contribution in [2.24, 2.45) is 20.5 Å². The molecule has 18 nitrogen and oxygen atoms in total. The number of azo groups is 2. The van der Waals surface area contributed by atoms with Gasteiger partial charge in [0.05, 0.1) is 45.5 Å². The minimum atomic E-state index is -4.82. The predicted molar refractivity (Wildman–Crippen MR) is 275 cm³/mol. The van der Waals surface area contributed by atoms with Crippen LogP contribution in [0, 0.1) is 13.8 Å². The molecule has 0 spiro atoms. The standard InChI is InChI=1S/2C26H23N3O6S.Ca/c2*1-3-35-22-11-7-6-10-20(22)27-26(31)19-15-17-8-4-5-9-18(17)24(25(19)30)29-28-21-13-12-16(2)14-23(21)36(32,33)34;/h2*4-15,30H,3H2,1-2H3,(H,27,31)(H,32,33,34);/q;;+2/p-2. The first kappa shape index (κ1) is 55.0. The molecule has 0 fully saturated rings. The Morgan fingerprint density at radius 1 is 0.521 bits per heavy atom. The molecular formula is C52H44CaN6O12S2. The zero-order chi connectivity index (χ0) is 51.7. The van der Waals surface area contributed by atoms with Gasteiger partial charge in [0.2, 0.25) is 0 Å². The number of nitrogens with zero attached hydrogens (tertiary/aromatic N) is 4. The Morgan fingerprint density at radius 3 is 1.25 bits per heavy atom. The van der Waals surface area contributed by atoms with Gasteiger partial charge < -0.3 is 39.4 Å². The van der Waals surface area contributed by atoms with Gasteiger partial charge in [-0.25, -0.2) is 16.8 Å². The molecule has 8 aromatic rings. The van der Waals surface area contributed by atoms with E-state index in [9.17, 15) is 45.7 Å². The molecule has 0 aromatic heterocycles. The largest absolute Gasteiger partial charge is 2.00 e. The molecule has 8 rings (SSSR count). The van der Waals surface area contributed by atoms with E-state index in [1.165, 1.54) is 36.4 Å². The molecule has 0 heterocycles. The summed E-state index contributed by atoms with van der Waals surface area (Å²) in [6, 6.07) is 38.9. The molecule has 0 aliphatic rings. The fourth-order valence-corrected chi connectivity index (χ4v) is 8.67. The number of aromatic hydroxyl groups is 2. The molecule has 0 bridgehead atoms. The number of phenolic OH excluding ortho intramolecular Hbond substituents is 2. The number of hydrogen-bond acceptors (Lipinski definition) is 16. The van der Waals surface area contributed by atoms with E-state index in [4.69, 9.17) is 9.47 Å². The van der Waals surface area contributed by atoms with Crippen molar-refractivity contribution in [3.8, 4) is 23.0 Å². The second kappa shape index (κ2) is 23.9. The first-order valence-corrected chi connectivity index (χ1v) is 24.7. The second-order valence-corrected chi connectivity index (χ2v) is 18.4. The van der Waals surface area contributed by atoms with Crippen LogP contribution < -0.4 is 20.1 Å². The Balaban J connectivity index is 0.000000235. The summed E-state index contributed by atoms with van der Waals surface area (Å²) in [6.45, 7) is 7.73. The molecule has 73 heavy (non-hydrogen) atoms. The first-order valence-electron chi connectivity index (χ1n) is 21.9. The number of anilines is 2. The minimum Gasteiger partial charge on any atom is -0.744 e. The Hall–Kier alpha value is -7.30. The number of carbonyl (C=O) groups is 2. The van der Waals surface area contributed by atoms with E-state index >= 15 is 0 Å². The van der Waals surface area contributed by atoms with Gasteiger partial charge in [-0.05, 0) is 110 Å². The quantitative estimate of drug-likeness (QED) is 0.0449. The fraction of sp³-hybridized carbons (Fsp3) is 0.115. The van der Waals surface area contributed by atoms with Gasteiger partial charge in [0.1, 0.15) is 54.5 Å². The summed E-state index contributed by atoms with van der Waals surface area (Å²) in [5, 5.41) is 45.7. The molecule has 0 saturated carbocycles. The second-order valence-electron chi connectivity index (χ2n) is 15.7. The Bertz CT molecular complexity index is 3450. The van der Waals surface area contributed by atoms with Gasteiger partial charge in [-0.15, -0.1) is 20.5 Å². The van der Waals surface area contributed by atoms with E-state index in [0.29, 0.717) is 68.8 Å². The van der Waals surface area contributed by atoms with E-state index in [2.05, 4.69) is 31.1 Å². The Morgan fingerprint density at radius 2 is 0.877 bits per heavy atom. The molecule has 0 saturated heterocycles. The average Bonchev–Trinajstić information content (AvgIpc) is 3.34. The van der Waals surface area contributed by atoms with Crippen LogP contribution in [0.1, 0.15) is 45.7 Å². The molecule has 21 heteroatoms. The third kappa shape index (κ3) is 13.2. The fourth-order valence-electron chi connectivity index (χ4n) is 7.28. The molecule has 4 N–H and O–H groups in total. The topological polar surface area (TPSA) is 281 Å². The molecule has 0 unspecified atom stereocenters. The van der Waals surface area contributed by atoms with Crippen molar-refractivity contribution in [2.45, 2.75) is 37.5 Å². The number of phenols is 2. The smallest absolute Gasteiger partial charge is 0.744 e. The number of benzene rings is 8. The van der Waals surface area contributed by atoms with Crippen LogP contribution in [0.3, 0.4) is 0 Å². The van der Waals surface area contributed by atoms with Crippen molar-refractivity contribution < 1.29 is 55.2 Å². The van der Waals surface area contributed by atoms with Crippen LogP contribution in [0.5, 0.6) is 23.0 Å². The van der Waals surface area contributed by atoms with Gasteiger partial charge in [0.15, 0.2) is 11.5 Å². The summed E-state index contributed by atoms with van der Waals surface area (Å²) < 4.78 is 81.4. The van der Waals surface area contributed by atoms with Gasteiger partial charge in [-0.2, -0.15) is 0 Å². The summed E-state index contributed by atoms with van der Waals surface area (Å²) in [4.78, 5) is 25.3.